The number of nitrogens with zero attached hydrogens (tertiary/aromatic N) is 1. The second-order valence-electron chi connectivity index (χ2n) is 6.01. The lowest BCUT2D eigenvalue weighted by Crippen LogP contribution is -2.54. The van der Waals surface area contributed by atoms with Gasteiger partial charge >= 0.3 is 5.97 Å². The van der Waals surface area contributed by atoms with Crippen LogP contribution in [0.25, 0.3) is 0 Å². The van der Waals surface area contributed by atoms with Crippen molar-refractivity contribution >= 4 is 21.7 Å². The van der Waals surface area contributed by atoms with Crippen molar-refractivity contribution in [1.29, 1.82) is 0 Å². The first-order chi connectivity index (χ1) is 9.78. The Balaban J connectivity index is 2.08. The van der Waals surface area contributed by atoms with Gasteiger partial charge in [0.15, 0.2) is 9.84 Å². The molecule has 2 rings (SSSR count). The van der Waals surface area contributed by atoms with Crippen molar-refractivity contribution in [1.82, 2.24) is 4.90 Å². The Labute approximate surface area is 124 Å². The lowest BCUT2D eigenvalue weighted by molar-refractivity contribution is -0.142. The molecule has 120 valence electrons. The summed E-state index contributed by atoms with van der Waals surface area (Å²) < 4.78 is 23.4. The number of amides is 1. The average molecular weight is 318 g/mol. The van der Waals surface area contributed by atoms with Crippen LogP contribution in [-0.2, 0) is 19.4 Å². The van der Waals surface area contributed by atoms with Gasteiger partial charge in [-0.2, -0.15) is 0 Å². The van der Waals surface area contributed by atoms with Gasteiger partial charge in [-0.25, -0.2) is 8.42 Å². The Morgan fingerprint density at radius 3 is 2.38 bits per heavy atom. The minimum absolute atomic E-state index is 0.0822. The Bertz CT molecular complexity index is 511. The van der Waals surface area contributed by atoms with E-state index in [2.05, 4.69) is 0 Å². The predicted molar refractivity (Wildman–Crippen MR) is 76.3 cm³/mol. The van der Waals surface area contributed by atoms with Gasteiger partial charge in [0.1, 0.15) is 0 Å². The summed E-state index contributed by atoms with van der Waals surface area (Å²) in [7, 11) is -3.26. The highest BCUT2D eigenvalue weighted by atomic mass is 32.2. The summed E-state index contributed by atoms with van der Waals surface area (Å²) in [4.78, 5) is 24.9. The molecule has 0 bridgehead atoms. The van der Waals surface area contributed by atoms with Crippen LogP contribution in [0.4, 0.5) is 0 Å². The van der Waals surface area contributed by atoms with Crippen molar-refractivity contribution in [3.63, 3.8) is 0 Å². The van der Waals surface area contributed by atoms with Gasteiger partial charge in [-0.1, -0.05) is 0 Å². The molecule has 8 heteroatoms. The van der Waals surface area contributed by atoms with Gasteiger partial charge in [0, 0.05) is 18.5 Å². The molecular formula is C13H22N2O5S. The first-order valence-electron chi connectivity index (χ1n) is 7.27. The van der Waals surface area contributed by atoms with Crippen molar-refractivity contribution in [2.75, 3.05) is 18.1 Å². The molecule has 7 nitrogen and oxygen atoms in total. The maximum atomic E-state index is 12.6. The predicted octanol–water partition coefficient (Wildman–Crippen LogP) is -0.396. The monoisotopic (exact) mass is 318 g/mol. The summed E-state index contributed by atoms with van der Waals surface area (Å²) in [5, 5.41) is 8.93. The molecule has 2 aliphatic rings. The molecule has 1 atom stereocenters. The van der Waals surface area contributed by atoms with E-state index in [4.69, 9.17) is 10.8 Å². The Kier molecular flexibility index (Phi) is 4.88. The van der Waals surface area contributed by atoms with Crippen LogP contribution in [0.2, 0.25) is 0 Å². The molecule has 0 aromatic carbocycles. The summed E-state index contributed by atoms with van der Waals surface area (Å²) in [6, 6.07) is -0.616. The van der Waals surface area contributed by atoms with Crippen molar-refractivity contribution in [2.24, 2.45) is 11.7 Å². The van der Waals surface area contributed by atoms with E-state index in [1.807, 2.05) is 0 Å². The molecule has 3 N–H and O–H groups in total. The number of carbonyl (C=O) groups is 2. The van der Waals surface area contributed by atoms with Crippen LogP contribution in [-0.4, -0.2) is 60.4 Å². The number of nitrogens with two attached hydrogens (primary N) is 1. The molecule has 0 spiro atoms. The van der Waals surface area contributed by atoms with Gasteiger partial charge in [-0.3, -0.25) is 9.59 Å². The average Bonchev–Trinajstić information content (AvgIpc) is 2.37. The van der Waals surface area contributed by atoms with Gasteiger partial charge < -0.3 is 15.7 Å². The minimum atomic E-state index is -3.26. The summed E-state index contributed by atoms with van der Waals surface area (Å²) in [6.07, 6.45) is 2.64. The molecule has 2 fully saturated rings. The number of hydrogen-bond donors (Lipinski definition) is 2. The zero-order chi connectivity index (χ0) is 15.6. The molecular weight excluding hydrogens is 296 g/mol. The fraction of sp³-hybridized carbons (Fsp3) is 0.846. The molecule has 1 saturated carbocycles. The van der Waals surface area contributed by atoms with Gasteiger partial charge in [0.2, 0.25) is 5.91 Å². The molecule has 1 aliphatic heterocycles. The number of sulfone groups is 1. The first-order valence-corrected chi connectivity index (χ1v) is 9.09. The quantitative estimate of drug-likeness (QED) is 0.731. The van der Waals surface area contributed by atoms with Gasteiger partial charge in [-0.15, -0.1) is 0 Å². The largest absolute Gasteiger partial charge is 0.481 e. The normalized spacial score (nSPS) is 32.6. The lowest BCUT2D eigenvalue weighted by Gasteiger charge is -2.38. The van der Waals surface area contributed by atoms with Crippen molar-refractivity contribution in [3.8, 4) is 0 Å². The van der Waals surface area contributed by atoms with Crippen molar-refractivity contribution in [3.05, 3.63) is 0 Å². The SMILES string of the molecule is NC1CCC(C(=O)N2CCS(=O)(=O)CC2CC(=O)O)CC1. The molecule has 1 saturated heterocycles. The molecule has 1 heterocycles. The highest BCUT2D eigenvalue weighted by Crippen LogP contribution is 2.27. The van der Waals surface area contributed by atoms with E-state index in [0.29, 0.717) is 12.8 Å². The third kappa shape index (κ3) is 4.16. The van der Waals surface area contributed by atoms with Crippen molar-refractivity contribution < 1.29 is 23.1 Å². The number of rotatable bonds is 3. The van der Waals surface area contributed by atoms with E-state index in [9.17, 15) is 18.0 Å². The number of carboxylic acid groups (broad SMARTS) is 1. The van der Waals surface area contributed by atoms with Crippen LogP contribution in [0.1, 0.15) is 32.1 Å². The number of carbonyl (C=O) groups excluding carboxylic acids is 1. The van der Waals surface area contributed by atoms with Crippen LogP contribution in [0.15, 0.2) is 0 Å². The highest BCUT2D eigenvalue weighted by Gasteiger charge is 2.38. The second-order valence-corrected chi connectivity index (χ2v) is 8.24. The third-order valence-electron chi connectivity index (χ3n) is 4.34. The molecule has 1 unspecified atom stereocenters. The van der Waals surface area contributed by atoms with Crippen LogP contribution in [0, 0.1) is 5.92 Å². The van der Waals surface area contributed by atoms with Crippen LogP contribution >= 0.6 is 0 Å². The van der Waals surface area contributed by atoms with E-state index >= 15 is 0 Å². The fourth-order valence-electron chi connectivity index (χ4n) is 3.15. The zero-order valence-electron chi connectivity index (χ0n) is 11.9. The van der Waals surface area contributed by atoms with E-state index < -0.39 is 21.8 Å². The molecule has 0 aromatic rings. The van der Waals surface area contributed by atoms with Gasteiger partial charge in [0.25, 0.3) is 0 Å². The van der Waals surface area contributed by atoms with E-state index in [0.717, 1.165) is 12.8 Å². The zero-order valence-corrected chi connectivity index (χ0v) is 12.7. The number of aliphatic carboxylic acids is 1. The summed E-state index contributed by atoms with van der Waals surface area (Å²) >= 11 is 0. The van der Waals surface area contributed by atoms with Crippen LogP contribution in [0.3, 0.4) is 0 Å². The van der Waals surface area contributed by atoms with E-state index in [1.165, 1.54) is 4.90 Å². The fourth-order valence-corrected chi connectivity index (χ4v) is 4.67. The van der Waals surface area contributed by atoms with Crippen LogP contribution in [0.5, 0.6) is 0 Å². The molecule has 21 heavy (non-hydrogen) atoms. The lowest BCUT2D eigenvalue weighted by atomic mass is 9.85. The summed E-state index contributed by atoms with van der Waals surface area (Å²) in [5.41, 5.74) is 5.82. The van der Waals surface area contributed by atoms with Crippen molar-refractivity contribution in [2.45, 2.75) is 44.2 Å². The summed E-state index contributed by atoms with van der Waals surface area (Å²) in [5.74, 6) is -1.68. The Morgan fingerprint density at radius 2 is 1.81 bits per heavy atom. The third-order valence-corrected chi connectivity index (χ3v) is 6.04. The molecule has 0 aromatic heterocycles. The topological polar surface area (TPSA) is 118 Å². The Hall–Kier alpha value is -1.15. The standard InChI is InChI=1S/C13H22N2O5S/c14-10-3-1-9(2-4-10)13(18)15-5-6-21(19,20)8-11(15)7-12(16)17/h9-11H,1-8,14H2,(H,16,17). The number of carboxylic acids is 1. The molecule has 1 amide bonds. The van der Waals surface area contributed by atoms with Gasteiger partial charge in [0.05, 0.1) is 24.0 Å². The molecule has 1 aliphatic carbocycles. The minimum Gasteiger partial charge on any atom is -0.481 e. The number of hydrogen-bond acceptors (Lipinski definition) is 5. The summed E-state index contributed by atoms with van der Waals surface area (Å²) in [6.45, 7) is 0.0989. The van der Waals surface area contributed by atoms with E-state index in [1.54, 1.807) is 0 Å². The Morgan fingerprint density at radius 1 is 1.19 bits per heavy atom. The van der Waals surface area contributed by atoms with Crippen LogP contribution < -0.4 is 5.73 Å². The van der Waals surface area contributed by atoms with Gasteiger partial charge in [-0.05, 0) is 25.7 Å². The smallest absolute Gasteiger partial charge is 0.305 e. The highest BCUT2D eigenvalue weighted by molar-refractivity contribution is 7.91. The first kappa shape index (κ1) is 16.2. The second kappa shape index (κ2) is 6.31. The maximum Gasteiger partial charge on any atom is 0.305 e. The van der Waals surface area contributed by atoms with E-state index in [-0.39, 0.29) is 42.3 Å². The maximum absolute atomic E-state index is 12.6. The molecule has 0 radical (unpaired) electrons.